The molecule has 6 heteroatoms. The molecule has 5 atom stereocenters. The molecule has 6 nitrogen and oxygen atoms in total. The Bertz CT molecular complexity index is 1660. The predicted molar refractivity (Wildman–Crippen MR) is 180 cm³/mol. The first-order valence-electron chi connectivity index (χ1n) is 16.0. The lowest BCUT2D eigenvalue weighted by atomic mass is 9.90. The van der Waals surface area contributed by atoms with Crippen molar-refractivity contribution in [2.75, 3.05) is 6.61 Å². The van der Waals surface area contributed by atoms with Crippen LogP contribution >= 0.6 is 0 Å². The zero-order valence-corrected chi connectivity index (χ0v) is 26.3. The summed E-state index contributed by atoms with van der Waals surface area (Å²) in [7, 11) is 0. The Morgan fingerprint density at radius 1 is 0.489 bits per heavy atom. The summed E-state index contributed by atoms with van der Waals surface area (Å²) in [5, 5.41) is 9.48. The molecule has 0 aromatic heterocycles. The van der Waals surface area contributed by atoms with Crippen LogP contribution in [0, 0.1) is 11.3 Å². The lowest BCUT2D eigenvalue weighted by Gasteiger charge is -2.46. The Hall–Kier alpha value is -4.61. The number of benzene rings is 5. The summed E-state index contributed by atoms with van der Waals surface area (Å²) >= 11 is 0. The van der Waals surface area contributed by atoms with Crippen LogP contribution in [0.15, 0.2) is 146 Å². The first kappa shape index (κ1) is 32.3. The SMILES string of the molecule is N#Cc1ccc([C@@H]2O[C@H](COCc3ccccc3)[C@@H](OCc3ccccc3)[C@H](OCc3ccccc3)[C@@H]2OCc2ccccc2)cc1. The highest BCUT2D eigenvalue weighted by molar-refractivity contribution is 5.33. The molecule has 0 amide bonds. The molecule has 0 radical (unpaired) electrons. The third-order valence-electron chi connectivity index (χ3n) is 8.25. The largest absolute Gasteiger partial charge is 0.374 e. The van der Waals surface area contributed by atoms with Gasteiger partial charge in [-0.05, 0) is 39.9 Å². The zero-order chi connectivity index (χ0) is 32.1. The van der Waals surface area contributed by atoms with E-state index in [0.717, 1.165) is 27.8 Å². The summed E-state index contributed by atoms with van der Waals surface area (Å²) in [6, 6.07) is 50.1. The van der Waals surface area contributed by atoms with Crippen LogP contribution in [0.5, 0.6) is 0 Å². The molecule has 0 spiro atoms. The molecule has 0 unspecified atom stereocenters. The van der Waals surface area contributed by atoms with E-state index >= 15 is 0 Å². The van der Waals surface area contributed by atoms with Crippen molar-refractivity contribution in [2.45, 2.75) is 56.9 Å². The molecule has 6 rings (SSSR count). The third-order valence-corrected chi connectivity index (χ3v) is 8.25. The van der Waals surface area contributed by atoms with Crippen LogP contribution < -0.4 is 0 Å². The average molecular weight is 626 g/mol. The van der Waals surface area contributed by atoms with Crippen molar-refractivity contribution in [3.63, 3.8) is 0 Å². The fourth-order valence-corrected chi connectivity index (χ4v) is 5.80. The molecule has 0 bridgehead atoms. The highest BCUT2D eigenvalue weighted by atomic mass is 16.6. The van der Waals surface area contributed by atoms with Crippen molar-refractivity contribution in [3.8, 4) is 6.07 Å². The van der Waals surface area contributed by atoms with Crippen molar-refractivity contribution in [3.05, 3.63) is 179 Å². The molecule has 1 fully saturated rings. The van der Waals surface area contributed by atoms with Crippen LogP contribution in [-0.2, 0) is 50.1 Å². The van der Waals surface area contributed by atoms with E-state index in [0.29, 0.717) is 32.0 Å². The van der Waals surface area contributed by atoms with Gasteiger partial charge in [0.1, 0.15) is 30.5 Å². The van der Waals surface area contributed by atoms with Gasteiger partial charge in [-0.1, -0.05) is 133 Å². The number of nitrogens with zero attached hydrogens (tertiary/aromatic N) is 1. The van der Waals surface area contributed by atoms with Gasteiger partial charge in [0, 0.05) is 0 Å². The molecule has 5 aromatic rings. The lowest BCUT2D eigenvalue weighted by molar-refractivity contribution is -0.275. The van der Waals surface area contributed by atoms with Gasteiger partial charge in [0.05, 0.1) is 44.7 Å². The van der Waals surface area contributed by atoms with E-state index in [1.165, 1.54) is 0 Å². The molecular weight excluding hydrogens is 586 g/mol. The van der Waals surface area contributed by atoms with Crippen molar-refractivity contribution in [2.24, 2.45) is 0 Å². The van der Waals surface area contributed by atoms with Crippen molar-refractivity contribution in [1.29, 1.82) is 5.26 Å². The lowest BCUT2D eigenvalue weighted by Crippen LogP contribution is -2.58. The molecular formula is C41H39NO5. The monoisotopic (exact) mass is 625 g/mol. The normalized spacial score (nSPS) is 20.8. The minimum absolute atomic E-state index is 0.289. The molecule has 1 heterocycles. The Labute approximate surface area is 277 Å². The van der Waals surface area contributed by atoms with E-state index in [1.54, 1.807) is 0 Å². The first-order chi connectivity index (χ1) is 23.3. The van der Waals surface area contributed by atoms with Gasteiger partial charge in [-0.25, -0.2) is 0 Å². The van der Waals surface area contributed by atoms with E-state index in [-0.39, 0.29) is 6.61 Å². The maximum absolute atomic E-state index is 9.48. The Morgan fingerprint density at radius 3 is 1.38 bits per heavy atom. The number of rotatable bonds is 14. The fraction of sp³-hybridized carbons (Fsp3) is 0.244. The van der Waals surface area contributed by atoms with Gasteiger partial charge in [-0.2, -0.15) is 5.26 Å². The van der Waals surface area contributed by atoms with E-state index in [1.807, 2.05) is 133 Å². The minimum Gasteiger partial charge on any atom is -0.374 e. The van der Waals surface area contributed by atoms with Crippen LogP contribution in [0.2, 0.25) is 0 Å². The van der Waals surface area contributed by atoms with E-state index in [2.05, 4.69) is 18.2 Å². The summed E-state index contributed by atoms with van der Waals surface area (Å²) in [5.74, 6) is 0. The van der Waals surface area contributed by atoms with E-state index in [4.69, 9.17) is 23.7 Å². The number of ether oxygens (including phenoxy) is 5. The second-order valence-electron chi connectivity index (χ2n) is 11.6. The number of hydrogen-bond acceptors (Lipinski definition) is 6. The quantitative estimate of drug-likeness (QED) is 0.125. The van der Waals surface area contributed by atoms with Crippen molar-refractivity contribution < 1.29 is 23.7 Å². The van der Waals surface area contributed by atoms with Crippen molar-refractivity contribution in [1.82, 2.24) is 0 Å². The number of hydrogen-bond donors (Lipinski definition) is 0. The first-order valence-corrected chi connectivity index (χ1v) is 16.0. The van der Waals surface area contributed by atoms with Crippen LogP contribution in [0.1, 0.15) is 39.5 Å². The second kappa shape index (κ2) is 16.8. The van der Waals surface area contributed by atoms with Gasteiger partial charge >= 0.3 is 0 Å². The molecule has 5 aromatic carbocycles. The predicted octanol–water partition coefficient (Wildman–Crippen LogP) is 7.97. The van der Waals surface area contributed by atoms with Gasteiger partial charge in [-0.3, -0.25) is 0 Å². The molecule has 1 aliphatic heterocycles. The second-order valence-corrected chi connectivity index (χ2v) is 11.6. The average Bonchev–Trinajstić information content (AvgIpc) is 3.14. The van der Waals surface area contributed by atoms with Crippen LogP contribution in [0.3, 0.4) is 0 Å². The highest BCUT2D eigenvalue weighted by Crippen LogP contribution is 2.38. The maximum atomic E-state index is 9.48. The van der Waals surface area contributed by atoms with E-state index in [9.17, 15) is 5.26 Å². The third kappa shape index (κ3) is 9.02. The van der Waals surface area contributed by atoms with Crippen LogP contribution in [0.4, 0.5) is 0 Å². The molecule has 0 saturated carbocycles. The van der Waals surface area contributed by atoms with Gasteiger partial charge in [0.15, 0.2) is 0 Å². The summed E-state index contributed by atoms with van der Waals surface area (Å²) < 4.78 is 33.5. The Kier molecular flexibility index (Phi) is 11.6. The van der Waals surface area contributed by atoms with Crippen LogP contribution in [0.25, 0.3) is 0 Å². The molecule has 0 N–H and O–H groups in total. The Balaban J connectivity index is 1.34. The van der Waals surface area contributed by atoms with Gasteiger partial charge < -0.3 is 23.7 Å². The minimum atomic E-state index is -0.530. The smallest absolute Gasteiger partial charge is 0.117 e. The van der Waals surface area contributed by atoms with Gasteiger partial charge in [0.25, 0.3) is 0 Å². The Morgan fingerprint density at radius 2 is 0.915 bits per heavy atom. The maximum Gasteiger partial charge on any atom is 0.117 e. The zero-order valence-electron chi connectivity index (χ0n) is 26.3. The molecule has 1 saturated heterocycles. The summed E-state index contributed by atoms with van der Waals surface area (Å²) in [6.07, 6.45) is -2.53. The summed E-state index contributed by atoms with van der Waals surface area (Å²) in [5.41, 5.74) is 5.70. The summed E-state index contributed by atoms with van der Waals surface area (Å²) in [4.78, 5) is 0. The molecule has 238 valence electrons. The topological polar surface area (TPSA) is 69.9 Å². The highest BCUT2D eigenvalue weighted by Gasteiger charge is 2.49. The fourth-order valence-electron chi connectivity index (χ4n) is 5.80. The summed E-state index contributed by atoms with van der Waals surface area (Å²) in [6.45, 7) is 1.85. The molecule has 1 aliphatic rings. The van der Waals surface area contributed by atoms with Gasteiger partial charge in [-0.15, -0.1) is 0 Å². The molecule has 47 heavy (non-hydrogen) atoms. The van der Waals surface area contributed by atoms with Crippen LogP contribution in [-0.4, -0.2) is 31.0 Å². The number of nitriles is 1. The van der Waals surface area contributed by atoms with Crippen molar-refractivity contribution >= 4 is 0 Å². The van der Waals surface area contributed by atoms with Gasteiger partial charge in [0.2, 0.25) is 0 Å². The standard InChI is InChI=1S/C41H39NO5/c42-25-31-21-23-36(24-22-31)38-40(45-28-34-17-9-3-10-18-34)41(46-29-35-19-11-4-12-20-35)39(44-27-33-15-7-2-8-16-33)37(47-38)30-43-26-32-13-5-1-6-14-32/h1-24,37-41H,26-30H2/t37-,38+,39-,40-,41+/m1/s1. The molecule has 0 aliphatic carbocycles. The van der Waals surface area contributed by atoms with E-state index < -0.39 is 30.5 Å².